The molecule has 1 aromatic carbocycles. The summed E-state index contributed by atoms with van der Waals surface area (Å²) in [4.78, 5) is 23.6. The zero-order chi connectivity index (χ0) is 12.0. The molecule has 0 unspecified atom stereocenters. The topological polar surface area (TPSA) is 66.4 Å². The largest absolute Gasteiger partial charge is 0.375 e. The molecule has 2 aliphatic rings. The lowest BCUT2D eigenvalue weighted by atomic mass is 9.89. The molecule has 0 aromatic heterocycles. The molecule has 4 heteroatoms. The van der Waals surface area contributed by atoms with E-state index in [4.69, 9.17) is 0 Å². The molecule has 1 saturated carbocycles. The Morgan fingerprint density at radius 2 is 2.12 bits per heavy atom. The highest BCUT2D eigenvalue weighted by atomic mass is 16.3. The van der Waals surface area contributed by atoms with E-state index in [1.807, 2.05) is 0 Å². The number of Topliss-reactive ketones (excluding diaryl/α,β-unsaturated/α-hetero) is 1. The third-order valence-corrected chi connectivity index (χ3v) is 3.46. The SMILES string of the molecule is O=C(C[C@@]1(O)C(=O)Nc2ccccc21)C1CC1. The first kappa shape index (κ1) is 10.5. The minimum atomic E-state index is -1.67. The van der Waals surface area contributed by atoms with Crippen LogP contribution in [0.5, 0.6) is 0 Å². The Morgan fingerprint density at radius 3 is 2.82 bits per heavy atom. The molecular formula is C13H13NO3. The van der Waals surface area contributed by atoms with E-state index < -0.39 is 11.5 Å². The van der Waals surface area contributed by atoms with Crippen LogP contribution in [-0.2, 0) is 15.2 Å². The third-order valence-electron chi connectivity index (χ3n) is 3.46. The van der Waals surface area contributed by atoms with Gasteiger partial charge in [0.1, 0.15) is 5.78 Å². The first-order valence-corrected chi connectivity index (χ1v) is 5.77. The average molecular weight is 231 g/mol. The molecule has 0 bridgehead atoms. The van der Waals surface area contributed by atoms with E-state index in [1.165, 1.54) is 0 Å². The van der Waals surface area contributed by atoms with Gasteiger partial charge >= 0.3 is 0 Å². The number of carbonyl (C=O) groups excluding carboxylic acids is 2. The Balaban J connectivity index is 1.94. The van der Waals surface area contributed by atoms with Gasteiger partial charge in [-0.15, -0.1) is 0 Å². The van der Waals surface area contributed by atoms with Gasteiger partial charge in [0.05, 0.1) is 0 Å². The van der Waals surface area contributed by atoms with Gasteiger partial charge in [-0.3, -0.25) is 9.59 Å². The number of para-hydroxylation sites is 1. The first-order chi connectivity index (χ1) is 8.11. The number of hydrogen-bond acceptors (Lipinski definition) is 3. The van der Waals surface area contributed by atoms with Crippen LogP contribution in [-0.4, -0.2) is 16.8 Å². The molecule has 1 aromatic rings. The molecule has 88 valence electrons. The Bertz CT molecular complexity index is 507. The van der Waals surface area contributed by atoms with E-state index in [1.54, 1.807) is 24.3 Å². The second-order valence-corrected chi connectivity index (χ2v) is 4.78. The summed E-state index contributed by atoms with van der Waals surface area (Å²) in [5, 5.41) is 13.0. The first-order valence-electron chi connectivity index (χ1n) is 5.77. The normalized spacial score (nSPS) is 26.5. The van der Waals surface area contributed by atoms with Crippen molar-refractivity contribution in [2.24, 2.45) is 5.92 Å². The molecule has 3 rings (SSSR count). The zero-order valence-electron chi connectivity index (χ0n) is 9.27. The van der Waals surface area contributed by atoms with E-state index in [0.717, 1.165) is 12.8 Å². The molecular weight excluding hydrogens is 218 g/mol. The Kier molecular flexibility index (Phi) is 2.10. The van der Waals surface area contributed by atoms with Crippen LogP contribution in [0.3, 0.4) is 0 Å². The molecule has 1 amide bonds. The number of nitrogens with one attached hydrogen (secondary N) is 1. The number of amides is 1. The highest BCUT2D eigenvalue weighted by molar-refractivity contribution is 6.07. The Hall–Kier alpha value is -1.68. The van der Waals surface area contributed by atoms with Gasteiger partial charge in [-0.05, 0) is 18.9 Å². The lowest BCUT2D eigenvalue weighted by Gasteiger charge is -2.19. The predicted octanol–water partition coefficient (Wildman–Crippen LogP) is 1.20. The Morgan fingerprint density at radius 1 is 1.41 bits per heavy atom. The van der Waals surface area contributed by atoms with Crippen LogP contribution >= 0.6 is 0 Å². The van der Waals surface area contributed by atoms with Crippen LogP contribution in [0.25, 0.3) is 0 Å². The lowest BCUT2D eigenvalue weighted by molar-refractivity contribution is -0.140. The number of fused-ring (bicyclic) bond motifs is 1. The molecule has 1 heterocycles. The predicted molar refractivity (Wildman–Crippen MR) is 61.3 cm³/mol. The van der Waals surface area contributed by atoms with Gasteiger partial charge in [0.2, 0.25) is 0 Å². The second-order valence-electron chi connectivity index (χ2n) is 4.78. The van der Waals surface area contributed by atoms with Crippen molar-refractivity contribution in [3.8, 4) is 0 Å². The minimum absolute atomic E-state index is 0.0145. The number of ketones is 1. The minimum Gasteiger partial charge on any atom is -0.375 e. The van der Waals surface area contributed by atoms with Gasteiger partial charge in [0, 0.05) is 23.6 Å². The zero-order valence-corrected chi connectivity index (χ0v) is 9.27. The highest BCUT2D eigenvalue weighted by Gasteiger charge is 2.48. The fraction of sp³-hybridized carbons (Fsp3) is 0.385. The second kappa shape index (κ2) is 3.40. The summed E-state index contributed by atoms with van der Waals surface area (Å²) in [7, 11) is 0. The van der Waals surface area contributed by atoms with Gasteiger partial charge in [-0.2, -0.15) is 0 Å². The molecule has 1 fully saturated rings. The van der Waals surface area contributed by atoms with E-state index >= 15 is 0 Å². The lowest BCUT2D eigenvalue weighted by Crippen LogP contribution is -2.36. The van der Waals surface area contributed by atoms with Crippen molar-refractivity contribution in [1.29, 1.82) is 0 Å². The van der Waals surface area contributed by atoms with Crippen molar-refractivity contribution in [2.75, 3.05) is 5.32 Å². The maximum atomic E-state index is 11.8. The summed E-state index contributed by atoms with van der Waals surface area (Å²) in [5.74, 6) is -0.452. The van der Waals surface area contributed by atoms with E-state index in [9.17, 15) is 14.7 Å². The van der Waals surface area contributed by atoms with E-state index in [0.29, 0.717) is 11.3 Å². The summed E-state index contributed by atoms with van der Waals surface area (Å²) < 4.78 is 0. The van der Waals surface area contributed by atoms with E-state index in [-0.39, 0.29) is 18.1 Å². The summed E-state index contributed by atoms with van der Waals surface area (Å²) in [6.07, 6.45) is 1.66. The Labute approximate surface area is 98.6 Å². The van der Waals surface area contributed by atoms with Crippen molar-refractivity contribution < 1.29 is 14.7 Å². The summed E-state index contributed by atoms with van der Waals surface area (Å²) in [6.45, 7) is 0. The van der Waals surface area contributed by atoms with Gasteiger partial charge in [0.25, 0.3) is 5.91 Å². The number of rotatable bonds is 3. The van der Waals surface area contributed by atoms with Gasteiger partial charge < -0.3 is 10.4 Å². The van der Waals surface area contributed by atoms with Crippen LogP contribution in [0.4, 0.5) is 5.69 Å². The molecule has 2 N–H and O–H groups in total. The van der Waals surface area contributed by atoms with Gasteiger partial charge in [0.15, 0.2) is 5.60 Å². The molecule has 4 nitrogen and oxygen atoms in total. The van der Waals surface area contributed by atoms with Crippen LogP contribution < -0.4 is 5.32 Å². The van der Waals surface area contributed by atoms with Crippen molar-refractivity contribution in [3.63, 3.8) is 0 Å². The highest BCUT2D eigenvalue weighted by Crippen LogP contribution is 2.41. The summed E-state index contributed by atoms with van der Waals surface area (Å²) in [5.41, 5.74) is -0.557. The van der Waals surface area contributed by atoms with Crippen LogP contribution in [0.15, 0.2) is 24.3 Å². The number of benzene rings is 1. The van der Waals surface area contributed by atoms with Crippen LogP contribution in [0.2, 0.25) is 0 Å². The number of anilines is 1. The fourth-order valence-corrected chi connectivity index (χ4v) is 2.28. The fourth-order valence-electron chi connectivity index (χ4n) is 2.28. The molecule has 0 spiro atoms. The van der Waals surface area contributed by atoms with E-state index in [2.05, 4.69) is 5.32 Å². The number of aliphatic hydroxyl groups is 1. The van der Waals surface area contributed by atoms with Crippen molar-refractivity contribution in [1.82, 2.24) is 0 Å². The molecule has 0 radical (unpaired) electrons. The summed E-state index contributed by atoms with van der Waals surface area (Å²) >= 11 is 0. The summed E-state index contributed by atoms with van der Waals surface area (Å²) in [6, 6.07) is 6.96. The quantitative estimate of drug-likeness (QED) is 0.821. The molecule has 17 heavy (non-hydrogen) atoms. The monoisotopic (exact) mass is 231 g/mol. The molecule has 0 saturated heterocycles. The maximum absolute atomic E-state index is 11.8. The average Bonchev–Trinajstić information content (AvgIpc) is 3.10. The van der Waals surface area contributed by atoms with Crippen LogP contribution in [0.1, 0.15) is 24.8 Å². The standard InChI is InChI=1S/C13H13NO3/c15-11(8-5-6-8)7-13(17)9-3-1-2-4-10(9)14-12(13)16/h1-4,8,17H,5-7H2,(H,14,16)/t13-/m0/s1. The van der Waals surface area contributed by atoms with Crippen LogP contribution in [0, 0.1) is 5.92 Å². The molecule has 1 aliphatic carbocycles. The maximum Gasteiger partial charge on any atom is 0.261 e. The molecule has 1 atom stereocenters. The van der Waals surface area contributed by atoms with Crippen molar-refractivity contribution in [2.45, 2.75) is 24.9 Å². The number of hydrogen-bond donors (Lipinski definition) is 2. The third kappa shape index (κ3) is 1.56. The van der Waals surface area contributed by atoms with Gasteiger partial charge in [-0.1, -0.05) is 18.2 Å². The van der Waals surface area contributed by atoms with Crippen molar-refractivity contribution >= 4 is 17.4 Å². The molecule has 1 aliphatic heterocycles. The number of carbonyl (C=O) groups is 2. The smallest absolute Gasteiger partial charge is 0.261 e. The van der Waals surface area contributed by atoms with Crippen molar-refractivity contribution in [3.05, 3.63) is 29.8 Å². The van der Waals surface area contributed by atoms with Gasteiger partial charge in [-0.25, -0.2) is 0 Å².